The number of benzene rings is 1. The summed E-state index contributed by atoms with van der Waals surface area (Å²) in [6, 6.07) is 7.99. The van der Waals surface area contributed by atoms with Gasteiger partial charge in [0.25, 0.3) is 0 Å². The van der Waals surface area contributed by atoms with Gasteiger partial charge >= 0.3 is 11.7 Å². The number of rotatable bonds is 5. The van der Waals surface area contributed by atoms with Crippen LogP contribution < -0.4 is 5.69 Å². The number of hydrogen-bond acceptors (Lipinski definition) is 5. The van der Waals surface area contributed by atoms with E-state index in [2.05, 4.69) is 9.97 Å². The number of thioether (sulfide) groups is 1. The summed E-state index contributed by atoms with van der Waals surface area (Å²) >= 11 is 1.36. The summed E-state index contributed by atoms with van der Waals surface area (Å²) in [5, 5.41) is 0.406. The van der Waals surface area contributed by atoms with Crippen LogP contribution in [0.3, 0.4) is 0 Å². The molecule has 0 amide bonds. The molecule has 22 heavy (non-hydrogen) atoms. The number of nitrogens with zero attached hydrogens (tertiary/aromatic N) is 1. The Kier molecular flexibility index (Phi) is 5.38. The zero-order valence-corrected chi connectivity index (χ0v) is 13.6. The number of hydrogen-bond donors (Lipinski definition) is 1. The highest BCUT2D eigenvalue weighted by Gasteiger charge is 2.19. The smallest absolute Gasteiger partial charge is 0.346 e. The summed E-state index contributed by atoms with van der Waals surface area (Å²) in [6.07, 6.45) is 0. The zero-order chi connectivity index (χ0) is 16.1. The first-order valence-corrected chi connectivity index (χ1v) is 7.96. The second-order valence-corrected chi connectivity index (χ2v) is 5.75. The Hall–Kier alpha value is -2.08. The Bertz CT molecular complexity index is 740. The molecule has 0 radical (unpaired) electrons. The molecule has 0 fully saturated rings. The number of H-pyrrole nitrogens is 1. The van der Waals surface area contributed by atoms with Crippen LogP contribution >= 0.6 is 11.8 Å². The molecule has 1 aromatic carbocycles. The van der Waals surface area contributed by atoms with Crippen molar-refractivity contribution in [2.24, 2.45) is 0 Å². The van der Waals surface area contributed by atoms with Gasteiger partial charge in [-0.25, -0.2) is 9.59 Å². The van der Waals surface area contributed by atoms with Crippen molar-refractivity contribution < 1.29 is 9.53 Å². The van der Waals surface area contributed by atoms with Gasteiger partial charge in [0.1, 0.15) is 10.6 Å². The van der Waals surface area contributed by atoms with Crippen LogP contribution in [0, 0.1) is 13.8 Å². The summed E-state index contributed by atoms with van der Waals surface area (Å²) < 4.78 is 5.05. The van der Waals surface area contributed by atoms with E-state index in [1.807, 2.05) is 31.2 Å². The zero-order valence-electron chi connectivity index (χ0n) is 12.8. The fraction of sp³-hybridized carbons (Fsp3) is 0.312. The average Bonchev–Trinajstić information content (AvgIpc) is 2.46. The lowest BCUT2D eigenvalue weighted by Crippen LogP contribution is -2.19. The van der Waals surface area contributed by atoms with Gasteiger partial charge in [0, 0.05) is 11.4 Å². The van der Waals surface area contributed by atoms with Crippen molar-refractivity contribution in [2.75, 3.05) is 6.61 Å². The quantitative estimate of drug-likeness (QED) is 0.521. The molecule has 1 N–H and O–H groups in total. The third-order valence-electron chi connectivity index (χ3n) is 3.19. The summed E-state index contributed by atoms with van der Waals surface area (Å²) in [5.74, 6) is 0.172. The van der Waals surface area contributed by atoms with Crippen LogP contribution in [-0.2, 0) is 10.5 Å². The number of carbonyl (C=O) groups is 1. The summed E-state index contributed by atoms with van der Waals surface area (Å²) in [5.41, 5.74) is 2.65. The minimum atomic E-state index is -0.462. The Morgan fingerprint density at radius 1 is 1.32 bits per heavy atom. The number of aromatic amines is 1. The van der Waals surface area contributed by atoms with Crippen LogP contribution in [0.25, 0.3) is 0 Å². The van der Waals surface area contributed by atoms with Crippen molar-refractivity contribution in [3.8, 4) is 0 Å². The van der Waals surface area contributed by atoms with Crippen LogP contribution in [0.15, 0.2) is 34.1 Å². The predicted octanol–water partition coefficient (Wildman–Crippen LogP) is 2.86. The van der Waals surface area contributed by atoms with E-state index >= 15 is 0 Å². The molecule has 0 aliphatic carbocycles. The topological polar surface area (TPSA) is 72.0 Å². The SMILES string of the molecule is CCOC(=O)c1c(SCc2ccccc2C)nc(=O)[nH]c1C. The predicted molar refractivity (Wildman–Crippen MR) is 86.3 cm³/mol. The average molecular weight is 318 g/mol. The molecular formula is C16H18N2O3S. The second kappa shape index (κ2) is 7.26. The van der Waals surface area contributed by atoms with Crippen LogP contribution in [0.5, 0.6) is 0 Å². The van der Waals surface area contributed by atoms with Crippen molar-refractivity contribution >= 4 is 17.7 Å². The Labute approximate surface area is 133 Å². The lowest BCUT2D eigenvalue weighted by atomic mass is 10.1. The molecule has 2 aromatic rings. The van der Waals surface area contributed by atoms with Gasteiger partial charge in [-0.2, -0.15) is 4.98 Å². The summed E-state index contributed by atoms with van der Waals surface area (Å²) in [7, 11) is 0. The van der Waals surface area contributed by atoms with Gasteiger partial charge in [-0.05, 0) is 31.9 Å². The van der Waals surface area contributed by atoms with Crippen LogP contribution in [0.4, 0.5) is 0 Å². The molecule has 0 spiro atoms. The van der Waals surface area contributed by atoms with Crippen LogP contribution in [-0.4, -0.2) is 22.5 Å². The number of nitrogens with one attached hydrogen (secondary N) is 1. The molecule has 6 heteroatoms. The molecular weight excluding hydrogens is 300 g/mol. The van der Waals surface area contributed by atoms with E-state index in [0.717, 1.165) is 11.1 Å². The number of ether oxygens (including phenoxy) is 1. The van der Waals surface area contributed by atoms with Gasteiger partial charge < -0.3 is 9.72 Å². The first kappa shape index (κ1) is 16.3. The van der Waals surface area contributed by atoms with Crippen LogP contribution in [0.2, 0.25) is 0 Å². The van der Waals surface area contributed by atoms with Gasteiger partial charge in [0.05, 0.1) is 6.61 Å². The Morgan fingerprint density at radius 3 is 2.73 bits per heavy atom. The minimum Gasteiger partial charge on any atom is -0.462 e. The molecule has 0 bridgehead atoms. The number of aromatic nitrogens is 2. The molecule has 0 aliphatic rings. The number of esters is 1. The molecule has 1 aromatic heterocycles. The molecule has 1 heterocycles. The van der Waals surface area contributed by atoms with E-state index in [4.69, 9.17) is 4.74 Å². The van der Waals surface area contributed by atoms with Crippen molar-refractivity contribution in [1.82, 2.24) is 9.97 Å². The first-order chi connectivity index (χ1) is 10.5. The normalized spacial score (nSPS) is 10.5. The van der Waals surface area contributed by atoms with Crippen molar-refractivity contribution in [3.05, 3.63) is 57.1 Å². The molecule has 5 nitrogen and oxygen atoms in total. The van der Waals surface area contributed by atoms with E-state index in [1.165, 1.54) is 11.8 Å². The van der Waals surface area contributed by atoms with Gasteiger partial charge in [0.2, 0.25) is 0 Å². The molecule has 2 rings (SSSR count). The highest BCUT2D eigenvalue weighted by molar-refractivity contribution is 7.98. The van der Waals surface area contributed by atoms with Gasteiger partial charge in [-0.15, -0.1) is 11.8 Å². The van der Waals surface area contributed by atoms with E-state index < -0.39 is 11.7 Å². The van der Waals surface area contributed by atoms with E-state index in [9.17, 15) is 9.59 Å². The fourth-order valence-electron chi connectivity index (χ4n) is 2.03. The maximum absolute atomic E-state index is 12.1. The maximum Gasteiger partial charge on any atom is 0.346 e. The van der Waals surface area contributed by atoms with Crippen LogP contribution in [0.1, 0.15) is 34.1 Å². The van der Waals surface area contributed by atoms with E-state index in [-0.39, 0.29) is 6.61 Å². The number of carbonyl (C=O) groups excluding carboxylic acids is 1. The second-order valence-electron chi connectivity index (χ2n) is 4.78. The summed E-state index contributed by atoms with van der Waals surface area (Å²) in [4.78, 5) is 30.1. The van der Waals surface area contributed by atoms with Crippen molar-refractivity contribution in [1.29, 1.82) is 0 Å². The monoisotopic (exact) mass is 318 g/mol. The Morgan fingerprint density at radius 2 is 2.05 bits per heavy atom. The highest BCUT2D eigenvalue weighted by atomic mass is 32.2. The highest BCUT2D eigenvalue weighted by Crippen LogP contribution is 2.26. The van der Waals surface area contributed by atoms with Gasteiger partial charge in [-0.1, -0.05) is 24.3 Å². The minimum absolute atomic E-state index is 0.277. The largest absolute Gasteiger partial charge is 0.462 e. The molecule has 0 saturated carbocycles. The molecule has 0 unspecified atom stereocenters. The summed E-state index contributed by atoms with van der Waals surface area (Å²) in [6.45, 7) is 5.72. The lowest BCUT2D eigenvalue weighted by molar-refractivity contribution is 0.0519. The Balaban J connectivity index is 2.32. The molecule has 0 atom stereocenters. The van der Waals surface area contributed by atoms with Crippen molar-refractivity contribution in [3.63, 3.8) is 0 Å². The first-order valence-electron chi connectivity index (χ1n) is 6.98. The fourth-order valence-corrected chi connectivity index (χ4v) is 3.17. The maximum atomic E-state index is 12.1. The van der Waals surface area contributed by atoms with E-state index in [0.29, 0.717) is 22.0 Å². The standard InChI is InChI=1S/C16H18N2O3S/c1-4-21-15(19)13-11(3)17-16(20)18-14(13)22-9-12-8-6-5-7-10(12)2/h5-8H,4,9H2,1-3H3,(H,17,18,20). The third-order valence-corrected chi connectivity index (χ3v) is 4.22. The van der Waals surface area contributed by atoms with E-state index in [1.54, 1.807) is 13.8 Å². The van der Waals surface area contributed by atoms with Gasteiger partial charge in [0.15, 0.2) is 0 Å². The third kappa shape index (κ3) is 3.76. The molecule has 0 saturated heterocycles. The van der Waals surface area contributed by atoms with Gasteiger partial charge in [-0.3, -0.25) is 0 Å². The molecule has 0 aliphatic heterocycles. The lowest BCUT2D eigenvalue weighted by Gasteiger charge is -2.10. The number of aryl methyl sites for hydroxylation is 2. The van der Waals surface area contributed by atoms with Crippen molar-refractivity contribution in [2.45, 2.75) is 31.6 Å². The molecule has 116 valence electrons.